The Kier molecular flexibility index (Phi) is 5.99. The number of hydrogen-bond acceptors (Lipinski definition) is 5. The highest BCUT2D eigenvalue weighted by atomic mass is 16.6. The summed E-state index contributed by atoms with van der Waals surface area (Å²) in [5, 5.41) is 21.6. The molecule has 3 rings (SSSR count). The minimum absolute atomic E-state index is 0.145. The van der Waals surface area contributed by atoms with E-state index in [-0.39, 0.29) is 5.91 Å². The highest BCUT2D eigenvalue weighted by Crippen LogP contribution is 2.36. The molecule has 158 valence electrons. The van der Waals surface area contributed by atoms with E-state index >= 15 is 0 Å². The average Bonchev–Trinajstić information content (AvgIpc) is 3.14. The van der Waals surface area contributed by atoms with Gasteiger partial charge in [0.25, 0.3) is 0 Å². The summed E-state index contributed by atoms with van der Waals surface area (Å²) in [6.45, 7) is 7.98. The summed E-state index contributed by atoms with van der Waals surface area (Å²) in [6, 6.07) is 13.1. The Morgan fingerprint density at radius 2 is 1.84 bits per heavy atom. The van der Waals surface area contributed by atoms with Crippen molar-refractivity contribution in [1.29, 1.82) is 10.5 Å². The molecule has 7 heteroatoms. The molecule has 2 aromatic rings. The van der Waals surface area contributed by atoms with Crippen molar-refractivity contribution in [3.8, 4) is 23.3 Å². The normalized spacial score (nSPS) is 12.5. The third-order valence-corrected chi connectivity index (χ3v) is 4.86. The van der Waals surface area contributed by atoms with E-state index in [0.717, 1.165) is 22.3 Å². The van der Waals surface area contributed by atoms with Gasteiger partial charge in [-0.3, -0.25) is 9.69 Å². The maximum atomic E-state index is 12.6. The molecule has 31 heavy (non-hydrogen) atoms. The topological polar surface area (TPSA) is 106 Å². The third kappa shape index (κ3) is 5.02. The van der Waals surface area contributed by atoms with Crippen molar-refractivity contribution in [3.05, 3.63) is 58.1 Å². The van der Waals surface area contributed by atoms with Crippen LogP contribution in [0.25, 0.3) is 11.1 Å². The van der Waals surface area contributed by atoms with E-state index in [1.54, 1.807) is 23.1 Å². The fourth-order valence-corrected chi connectivity index (χ4v) is 3.54. The zero-order chi connectivity index (χ0) is 22.8. The molecule has 0 bridgehead atoms. The average molecular weight is 416 g/mol. The molecule has 7 nitrogen and oxygen atoms in total. The van der Waals surface area contributed by atoms with Crippen LogP contribution < -0.4 is 5.32 Å². The zero-order valence-electron chi connectivity index (χ0n) is 18.1. The molecule has 1 aliphatic rings. The lowest BCUT2D eigenvalue weighted by Crippen LogP contribution is -2.33. The molecule has 0 unspecified atom stereocenters. The van der Waals surface area contributed by atoms with Crippen LogP contribution in [0, 0.1) is 22.7 Å². The van der Waals surface area contributed by atoms with Gasteiger partial charge in [0, 0.05) is 20.0 Å². The summed E-state index contributed by atoms with van der Waals surface area (Å²) >= 11 is 0. The van der Waals surface area contributed by atoms with E-state index in [2.05, 4.69) is 17.5 Å². The van der Waals surface area contributed by atoms with Gasteiger partial charge in [-0.25, -0.2) is 4.79 Å². The predicted molar refractivity (Wildman–Crippen MR) is 114 cm³/mol. The maximum Gasteiger partial charge on any atom is 0.410 e. The van der Waals surface area contributed by atoms with Crippen molar-refractivity contribution < 1.29 is 14.3 Å². The van der Waals surface area contributed by atoms with E-state index in [9.17, 15) is 20.1 Å². The quantitative estimate of drug-likeness (QED) is 0.814. The van der Waals surface area contributed by atoms with Crippen molar-refractivity contribution in [2.75, 3.05) is 0 Å². The van der Waals surface area contributed by atoms with Gasteiger partial charge < -0.3 is 10.1 Å². The van der Waals surface area contributed by atoms with E-state index in [4.69, 9.17) is 4.74 Å². The molecule has 1 N–H and O–H groups in total. The molecule has 0 radical (unpaired) electrons. The molecule has 0 aromatic heterocycles. The van der Waals surface area contributed by atoms with Crippen LogP contribution in [-0.2, 0) is 29.2 Å². The van der Waals surface area contributed by atoms with Gasteiger partial charge in [-0.05, 0) is 66.8 Å². The first-order valence-corrected chi connectivity index (χ1v) is 9.93. The monoisotopic (exact) mass is 416 g/mol. The van der Waals surface area contributed by atoms with Crippen LogP contribution >= 0.6 is 0 Å². The lowest BCUT2D eigenvalue weighted by Gasteiger charge is -2.24. The van der Waals surface area contributed by atoms with Crippen LogP contribution in [0.1, 0.15) is 55.5 Å². The number of amides is 2. The Hall–Kier alpha value is -3.84. The standard InChI is InChI=1S/C24H24N4O3/c1-15(29)27-12-17-8-19-13-28(23(30)31-24(2,3)4)14-22(19)21(9-17)20-6-5-16(10-25)7-18(20)11-26/h5-9H,12-14H2,1-4H3,(H,27,29). The summed E-state index contributed by atoms with van der Waals surface area (Å²) in [4.78, 5) is 25.7. The largest absolute Gasteiger partial charge is 0.444 e. The molecule has 0 atom stereocenters. The van der Waals surface area contributed by atoms with Crippen LogP contribution in [0.15, 0.2) is 30.3 Å². The van der Waals surface area contributed by atoms with Crippen molar-refractivity contribution in [2.45, 2.75) is 52.9 Å². The lowest BCUT2D eigenvalue weighted by molar-refractivity contribution is -0.119. The molecule has 0 spiro atoms. The Morgan fingerprint density at radius 3 is 2.45 bits per heavy atom. The van der Waals surface area contributed by atoms with Crippen molar-refractivity contribution in [1.82, 2.24) is 10.2 Å². The number of carbonyl (C=O) groups is 2. The highest BCUT2D eigenvalue weighted by molar-refractivity contribution is 5.78. The smallest absolute Gasteiger partial charge is 0.410 e. The zero-order valence-corrected chi connectivity index (χ0v) is 18.1. The molecule has 0 aliphatic carbocycles. The summed E-state index contributed by atoms with van der Waals surface area (Å²) in [5.41, 5.74) is 4.42. The molecule has 1 aliphatic heterocycles. The van der Waals surface area contributed by atoms with E-state index in [0.29, 0.717) is 36.3 Å². The Morgan fingerprint density at radius 1 is 1.10 bits per heavy atom. The number of fused-ring (bicyclic) bond motifs is 1. The van der Waals surface area contributed by atoms with Gasteiger partial charge in [0.15, 0.2) is 0 Å². The Bertz CT molecular complexity index is 1130. The van der Waals surface area contributed by atoms with Crippen molar-refractivity contribution in [3.63, 3.8) is 0 Å². The molecule has 2 amide bonds. The third-order valence-electron chi connectivity index (χ3n) is 4.86. The molecular weight excluding hydrogens is 392 g/mol. The molecule has 0 saturated carbocycles. The SMILES string of the molecule is CC(=O)NCc1cc2c(c(-c3ccc(C#N)cc3C#N)c1)CN(C(=O)OC(C)(C)C)C2. The summed E-state index contributed by atoms with van der Waals surface area (Å²) in [5.74, 6) is -0.145. The van der Waals surface area contributed by atoms with Gasteiger partial charge in [-0.2, -0.15) is 10.5 Å². The number of ether oxygens (including phenoxy) is 1. The van der Waals surface area contributed by atoms with E-state index < -0.39 is 11.7 Å². The Labute approximate surface area is 181 Å². The van der Waals surface area contributed by atoms with Crippen LogP contribution in [0.5, 0.6) is 0 Å². The summed E-state index contributed by atoms with van der Waals surface area (Å²) in [6.07, 6.45) is -0.404. The number of hydrogen-bond donors (Lipinski definition) is 1. The molecular formula is C24H24N4O3. The molecule has 0 saturated heterocycles. The van der Waals surface area contributed by atoms with Gasteiger partial charge in [-0.1, -0.05) is 12.1 Å². The second-order valence-corrected chi connectivity index (χ2v) is 8.51. The van der Waals surface area contributed by atoms with Crippen LogP contribution in [0.3, 0.4) is 0 Å². The van der Waals surface area contributed by atoms with Crippen LogP contribution in [0.2, 0.25) is 0 Å². The van der Waals surface area contributed by atoms with Gasteiger partial charge >= 0.3 is 6.09 Å². The first-order chi connectivity index (χ1) is 14.6. The number of nitriles is 2. The second-order valence-electron chi connectivity index (χ2n) is 8.51. The number of benzene rings is 2. The fourth-order valence-electron chi connectivity index (χ4n) is 3.54. The maximum absolute atomic E-state index is 12.6. The van der Waals surface area contributed by atoms with Gasteiger partial charge in [0.2, 0.25) is 5.91 Å². The summed E-state index contributed by atoms with van der Waals surface area (Å²) < 4.78 is 5.52. The molecule has 2 aromatic carbocycles. The van der Waals surface area contributed by atoms with Crippen LogP contribution in [0.4, 0.5) is 4.79 Å². The fraction of sp³-hybridized carbons (Fsp3) is 0.333. The van der Waals surface area contributed by atoms with Gasteiger partial charge in [0.05, 0.1) is 29.8 Å². The van der Waals surface area contributed by atoms with E-state index in [1.807, 2.05) is 32.9 Å². The van der Waals surface area contributed by atoms with E-state index in [1.165, 1.54) is 6.92 Å². The minimum atomic E-state index is -0.605. The molecule has 0 fully saturated rings. The minimum Gasteiger partial charge on any atom is -0.444 e. The number of nitrogens with zero attached hydrogens (tertiary/aromatic N) is 3. The van der Waals surface area contributed by atoms with Gasteiger partial charge in [0.1, 0.15) is 5.60 Å². The highest BCUT2D eigenvalue weighted by Gasteiger charge is 2.30. The van der Waals surface area contributed by atoms with Crippen molar-refractivity contribution >= 4 is 12.0 Å². The van der Waals surface area contributed by atoms with Crippen molar-refractivity contribution in [2.24, 2.45) is 0 Å². The summed E-state index contributed by atoms with van der Waals surface area (Å²) in [7, 11) is 0. The Balaban J connectivity index is 2.07. The predicted octanol–water partition coefficient (Wildman–Crippen LogP) is 3.98. The van der Waals surface area contributed by atoms with Crippen LogP contribution in [-0.4, -0.2) is 22.5 Å². The number of rotatable bonds is 3. The van der Waals surface area contributed by atoms with Gasteiger partial charge in [-0.15, -0.1) is 0 Å². The molecule has 1 heterocycles. The lowest BCUT2D eigenvalue weighted by atomic mass is 9.91. The number of nitrogens with one attached hydrogen (secondary N) is 1. The first-order valence-electron chi connectivity index (χ1n) is 9.93. The first kappa shape index (κ1) is 21.9. The second kappa shape index (κ2) is 8.49. The number of carbonyl (C=O) groups excluding carboxylic acids is 2.